The Kier molecular flexibility index (Phi) is 5.67. The molecule has 1 amide bonds. The van der Waals surface area contributed by atoms with E-state index in [1.165, 1.54) is 35.0 Å². The lowest BCUT2D eigenvalue weighted by Crippen LogP contribution is -2.43. The van der Waals surface area contributed by atoms with Gasteiger partial charge in [-0.2, -0.15) is 0 Å². The first-order valence-electron chi connectivity index (χ1n) is 9.06. The van der Waals surface area contributed by atoms with Crippen LogP contribution in [0.4, 0.5) is 4.39 Å². The summed E-state index contributed by atoms with van der Waals surface area (Å²) >= 11 is 0. The van der Waals surface area contributed by atoms with Gasteiger partial charge < -0.3 is 4.90 Å². The molecule has 0 aliphatic rings. The van der Waals surface area contributed by atoms with E-state index in [0.29, 0.717) is 24.2 Å². The number of carbonyl (C=O) groups excluding carboxylic acids is 1. The first-order chi connectivity index (χ1) is 13.5. The minimum atomic E-state index is -0.602. The number of nitrogens with zero attached hydrogens (tertiary/aromatic N) is 4. The van der Waals surface area contributed by atoms with Crippen molar-refractivity contribution in [3.05, 3.63) is 74.8 Å². The van der Waals surface area contributed by atoms with E-state index in [4.69, 9.17) is 0 Å². The van der Waals surface area contributed by atoms with Crippen molar-refractivity contribution >= 4 is 16.9 Å². The standard InChI is InChI=1S/C20H21FN4O3/c1-3-23(4-2)17(26)13-24-16-6-5-11-22-18(16)19(27)25(20(24)28)12-14-7-9-15(21)10-8-14/h5-11H,3-4,12-13H2,1-2H3. The van der Waals surface area contributed by atoms with Crippen LogP contribution in [0.3, 0.4) is 0 Å². The topological polar surface area (TPSA) is 77.2 Å². The third kappa shape index (κ3) is 3.71. The molecular formula is C20H21FN4O3. The van der Waals surface area contributed by atoms with Crippen molar-refractivity contribution in [1.82, 2.24) is 19.0 Å². The summed E-state index contributed by atoms with van der Waals surface area (Å²) in [7, 11) is 0. The fourth-order valence-electron chi connectivity index (χ4n) is 3.12. The SMILES string of the molecule is CCN(CC)C(=O)Cn1c(=O)n(Cc2ccc(F)cc2)c(=O)c2ncccc21. The molecule has 146 valence electrons. The van der Waals surface area contributed by atoms with Gasteiger partial charge in [-0.25, -0.2) is 14.2 Å². The maximum Gasteiger partial charge on any atom is 0.332 e. The Balaban J connectivity index is 2.14. The van der Waals surface area contributed by atoms with Crippen LogP contribution in [0.15, 0.2) is 52.2 Å². The van der Waals surface area contributed by atoms with Crippen molar-refractivity contribution in [2.24, 2.45) is 0 Å². The largest absolute Gasteiger partial charge is 0.342 e. The molecule has 2 aromatic heterocycles. The number of hydrogen-bond acceptors (Lipinski definition) is 4. The number of carbonyl (C=O) groups is 1. The van der Waals surface area contributed by atoms with Gasteiger partial charge in [0.1, 0.15) is 12.4 Å². The van der Waals surface area contributed by atoms with Gasteiger partial charge >= 0.3 is 5.69 Å². The molecule has 0 bridgehead atoms. The van der Waals surface area contributed by atoms with Gasteiger partial charge in [-0.05, 0) is 43.7 Å². The third-order valence-corrected chi connectivity index (χ3v) is 4.65. The van der Waals surface area contributed by atoms with Crippen molar-refractivity contribution in [2.75, 3.05) is 13.1 Å². The molecule has 0 radical (unpaired) electrons. The zero-order valence-electron chi connectivity index (χ0n) is 15.8. The molecule has 8 heteroatoms. The predicted molar refractivity (Wildman–Crippen MR) is 104 cm³/mol. The van der Waals surface area contributed by atoms with Crippen LogP contribution >= 0.6 is 0 Å². The molecule has 0 N–H and O–H groups in total. The summed E-state index contributed by atoms with van der Waals surface area (Å²) in [5.74, 6) is -0.622. The van der Waals surface area contributed by atoms with Gasteiger partial charge in [-0.3, -0.25) is 18.7 Å². The van der Waals surface area contributed by atoms with E-state index < -0.39 is 17.1 Å². The number of pyridine rings is 1. The summed E-state index contributed by atoms with van der Waals surface area (Å²) in [6.45, 7) is 4.54. The Hall–Kier alpha value is -3.29. The number of benzene rings is 1. The van der Waals surface area contributed by atoms with Gasteiger partial charge in [0.2, 0.25) is 5.91 Å². The molecule has 3 rings (SSSR count). The molecule has 2 heterocycles. The van der Waals surface area contributed by atoms with Crippen LogP contribution in [0, 0.1) is 5.82 Å². The number of halogens is 1. The van der Waals surface area contributed by atoms with Crippen LogP contribution < -0.4 is 11.2 Å². The van der Waals surface area contributed by atoms with E-state index in [1.54, 1.807) is 17.0 Å². The lowest BCUT2D eigenvalue weighted by molar-refractivity contribution is -0.131. The average Bonchev–Trinajstić information content (AvgIpc) is 2.71. The minimum absolute atomic E-state index is 0.0378. The van der Waals surface area contributed by atoms with Gasteiger partial charge in [-0.1, -0.05) is 12.1 Å². The van der Waals surface area contributed by atoms with Crippen molar-refractivity contribution in [2.45, 2.75) is 26.9 Å². The van der Waals surface area contributed by atoms with Crippen molar-refractivity contribution < 1.29 is 9.18 Å². The summed E-state index contributed by atoms with van der Waals surface area (Å²) in [4.78, 5) is 44.2. The smallest absolute Gasteiger partial charge is 0.332 e. The zero-order valence-corrected chi connectivity index (χ0v) is 15.8. The lowest BCUT2D eigenvalue weighted by atomic mass is 10.2. The van der Waals surface area contributed by atoms with Gasteiger partial charge in [0.25, 0.3) is 5.56 Å². The molecule has 0 fully saturated rings. The number of aromatic nitrogens is 3. The molecule has 0 atom stereocenters. The highest BCUT2D eigenvalue weighted by atomic mass is 19.1. The maximum absolute atomic E-state index is 13.2. The fourth-order valence-corrected chi connectivity index (χ4v) is 3.12. The van der Waals surface area contributed by atoms with Crippen LogP contribution in [-0.4, -0.2) is 38.0 Å². The summed E-state index contributed by atoms with van der Waals surface area (Å²) in [5, 5.41) is 0. The molecule has 3 aromatic rings. The van der Waals surface area contributed by atoms with E-state index in [2.05, 4.69) is 4.98 Å². The van der Waals surface area contributed by atoms with Crippen molar-refractivity contribution in [3.8, 4) is 0 Å². The zero-order chi connectivity index (χ0) is 20.3. The molecule has 0 saturated carbocycles. The predicted octanol–water partition coefficient (Wildman–Crippen LogP) is 1.61. The van der Waals surface area contributed by atoms with Crippen molar-refractivity contribution in [1.29, 1.82) is 0 Å². The van der Waals surface area contributed by atoms with Crippen LogP contribution in [0.5, 0.6) is 0 Å². The van der Waals surface area contributed by atoms with Gasteiger partial charge in [0.05, 0.1) is 12.1 Å². The molecule has 7 nitrogen and oxygen atoms in total. The van der Waals surface area contributed by atoms with Crippen LogP contribution in [0.2, 0.25) is 0 Å². The van der Waals surface area contributed by atoms with Crippen LogP contribution in [0.25, 0.3) is 11.0 Å². The Morgan fingerprint density at radius 3 is 2.39 bits per heavy atom. The third-order valence-electron chi connectivity index (χ3n) is 4.65. The monoisotopic (exact) mass is 384 g/mol. The summed E-state index contributed by atoms with van der Waals surface area (Å²) < 4.78 is 15.5. The summed E-state index contributed by atoms with van der Waals surface area (Å²) in [6.07, 6.45) is 1.47. The Labute approximate surface area is 160 Å². The van der Waals surface area contributed by atoms with E-state index >= 15 is 0 Å². The quantitative estimate of drug-likeness (QED) is 0.647. The first kappa shape index (κ1) is 19.5. The van der Waals surface area contributed by atoms with Gasteiger partial charge in [0.15, 0.2) is 5.52 Å². The normalized spacial score (nSPS) is 11.0. The van der Waals surface area contributed by atoms with E-state index in [9.17, 15) is 18.8 Å². The number of amides is 1. The summed E-state index contributed by atoms with van der Waals surface area (Å²) in [6, 6.07) is 8.77. The van der Waals surface area contributed by atoms with Crippen molar-refractivity contribution in [3.63, 3.8) is 0 Å². The lowest BCUT2D eigenvalue weighted by Gasteiger charge is -2.20. The van der Waals surface area contributed by atoms with Gasteiger partial charge in [0, 0.05) is 19.3 Å². The molecule has 0 spiro atoms. The maximum atomic E-state index is 13.2. The number of fused-ring (bicyclic) bond motifs is 1. The van der Waals surface area contributed by atoms with Gasteiger partial charge in [-0.15, -0.1) is 0 Å². The van der Waals surface area contributed by atoms with Crippen LogP contribution in [-0.2, 0) is 17.9 Å². The van der Waals surface area contributed by atoms with E-state index in [0.717, 1.165) is 4.57 Å². The second-order valence-corrected chi connectivity index (χ2v) is 6.32. The molecular weight excluding hydrogens is 363 g/mol. The molecule has 0 aliphatic heterocycles. The minimum Gasteiger partial charge on any atom is -0.342 e. The number of rotatable bonds is 6. The summed E-state index contributed by atoms with van der Waals surface area (Å²) in [5.41, 5.74) is -0.130. The first-order valence-corrected chi connectivity index (χ1v) is 9.06. The van der Waals surface area contributed by atoms with Crippen LogP contribution in [0.1, 0.15) is 19.4 Å². The highest BCUT2D eigenvalue weighted by molar-refractivity contribution is 5.79. The van der Waals surface area contributed by atoms with E-state index in [-0.39, 0.29) is 24.5 Å². The second-order valence-electron chi connectivity index (χ2n) is 6.32. The average molecular weight is 384 g/mol. The Morgan fingerprint density at radius 2 is 1.75 bits per heavy atom. The number of likely N-dealkylation sites (N-methyl/N-ethyl adjacent to an activating group) is 1. The van der Waals surface area contributed by atoms with E-state index in [1.807, 2.05) is 13.8 Å². The number of hydrogen-bond donors (Lipinski definition) is 0. The molecule has 0 saturated heterocycles. The molecule has 28 heavy (non-hydrogen) atoms. The Morgan fingerprint density at radius 1 is 1.07 bits per heavy atom. The fraction of sp³-hybridized carbons (Fsp3) is 0.300. The molecule has 0 aliphatic carbocycles. The highest BCUT2D eigenvalue weighted by Gasteiger charge is 2.18. The highest BCUT2D eigenvalue weighted by Crippen LogP contribution is 2.08. The molecule has 0 unspecified atom stereocenters. The Bertz CT molecular complexity index is 1110. The molecule has 1 aromatic carbocycles. The second kappa shape index (κ2) is 8.16.